The lowest BCUT2D eigenvalue weighted by molar-refractivity contribution is -0.0470. The van der Waals surface area contributed by atoms with E-state index in [1.54, 1.807) is 18.3 Å². The molecule has 3 aromatic rings. The number of nitrogen functional groups attached to an aromatic ring is 1. The van der Waals surface area contributed by atoms with Crippen LogP contribution >= 0.6 is 11.6 Å². The van der Waals surface area contributed by atoms with E-state index in [0.717, 1.165) is 12.8 Å². The summed E-state index contributed by atoms with van der Waals surface area (Å²) in [5, 5.41) is 7.49. The second-order valence-corrected chi connectivity index (χ2v) is 8.49. The van der Waals surface area contributed by atoms with E-state index in [-0.39, 0.29) is 18.0 Å². The number of hydrogen-bond acceptors (Lipinski definition) is 9. The third-order valence-electron chi connectivity index (χ3n) is 5.53. The number of aromatic amines is 1. The molecule has 1 aliphatic heterocycles. The maximum absolute atomic E-state index is 11.4. The smallest absolute Gasteiger partial charge is 0.397 e. The molecule has 34 heavy (non-hydrogen) atoms. The molecule has 1 aliphatic rings. The van der Waals surface area contributed by atoms with Crippen LogP contribution in [0.1, 0.15) is 19.8 Å². The third-order valence-corrected chi connectivity index (χ3v) is 5.73. The van der Waals surface area contributed by atoms with Crippen LogP contribution in [0.5, 0.6) is 0 Å². The summed E-state index contributed by atoms with van der Waals surface area (Å²) in [6, 6.07) is 3.44. The summed E-state index contributed by atoms with van der Waals surface area (Å²) in [6.45, 7) is 11.4. The van der Waals surface area contributed by atoms with E-state index in [1.165, 1.54) is 6.20 Å². The minimum Gasteiger partial charge on any atom is -0.397 e. The van der Waals surface area contributed by atoms with Crippen LogP contribution < -0.4 is 16.8 Å². The van der Waals surface area contributed by atoms with Crippen LogP contribution in [0.2, 0.25) is 5.02 Å². The lowest BCUT2D eigenvalue weighted by Gasteiger charge is -2.40. The number of H-pyrrole nitrogens is 1. The highest BCUT2D eigenvalue weighted by molar-refractivity contribution is 6.30. The maximum atomic E-state index is 11.4. The van der Waals surface area contributed by atoms with Crippen LogP contribution in [-0.2, 0) is 4.74 Å². The molecule has 0 aromatic carbocycles. The summed E-state index contributed by atoms with van der Waals surface area (Å²) in [5.41, 5.74) is 8.78. The van der Waals surface area contributed by atoms with E-state index >= 15 is 0 Å². The Morgan fingerprint density at radius 3 is 2.97 bits per heavy atom. The van der Waals surface area contributed by atoms with Crippen molar-refractivity contribution in [1.82, 2.24) is 25.0 Å². The zero-order valence-corrected chi connectivity index (χ0v) is 19.5. The minimum absolute atomic E-state index is 0.0752. The van der Waals surface area contributed by atoms with E-state index in [4.69, 9.17) is 22.1 Å². The highest BCUT2D eigenvalue weighted by Gasteiger charge is 2.27. The highest BCUT2D eigenvalue weighted by atomic mass is 35.5. The number of aromatic nitrogens is 4. The third kappa shape index (κ3) is 5.13. The van der Waals surface area contributed by atoms with E-state index in [9.17, 15) is 4.79 Å². The molecular weight excluding hydrogens is 458 g/mol. The number of pyridine rings is 2. The van der Waals surface area contributed by atoms with Crippen molar-refractivity contribution in [3.63, 3.8) is 0 Å². The molecule has 11 heteroatoms. The van der Waals surface area contributed by atoms with E-state index in [0.29, 0.717) is 52.3 Å². The molecule has 2 atom stereocenters. The first-order chi connectivity index (χ1) is 16.4. The zero-order chi connectivity index (χ0) is 24.2. The summed E-state index contributed by atoms with van der Waals surface area (Å²) >= 11 is 6.19. The second kappa shape index (κ2) is 10.1. The number of morpholine rings is 1. The van der Waals surface area contributed by atoms with Crippen molar-refractivity contribution in [1.29, 1.82) is 0 Å². The van der Waals surface area contributed by atoms with E-state index in [1.807, 2.05) is 6.08 Å². The Labute approximate surface area is 201 Å². The molecule has 1 unspecified atom stereocenters. The van der Waals surface area contributed by atoms with Gasteiger partial charge in [-0.2, -0.15) is 0 Å². The van der Waals surface area contributed by atoms with Gasteiger partial charge in [0.2, 0.25) is 5.82 Å². The second-order valence-electron chi connectivity index (χ2n) is 8.05. The fourth-order valence-electron chi connectivity index (χ4n) is 3.80. The van der Waals surface area contributed by atoms with Crippen molar-refractivity contribution in [2.45, 2.75) is 31.9 Å². The molecule has 178 valence electrons. The minimum atomic E-state index is -0.691. The summed E-state index contributed by atoms with van der Waals surface area (Å²) in [7, 11) is 0. The van der Waals surface area contributed by atoms with Gasteiger partial charge in [-0.3, -0.25) is 14.5 Å². The molecule has 4 rings (SSSR count). The topological polar surface area (TPSA) is 135 Å². The predicted molar refractivity (Wildman–Crippen MR) is 131 cm³/mol. The number of nitrogens with two attached hydrogens (primary N) is 1. The van der Waals surface area contributed by atoms with Crippen LogP contribution in [0.4, 0.5) is 11.4 Å². The Balaban J connectivity index is 1.69. The first-order valence-electron chi connectivity index (χ1n) is 10.8. The van der Waals surface area contributed by atoms with Gasteiger partial charge in [-0.1, -0.05) is 29.4 Å². The van der Waals surface area contributed by atoms with Crippen molar-refractivity contribution in [3.8, 4) is 22.8 Å². The van der Waals surface area contributed by atoms with Crippen LogP contribution in [0.3, 0.4) is 0 Å². The number of nitrogens with one attached hydrogen (secondary N) is 2. The zero-order valence-electron chi connectivity index (χ0n) is 18.8. The van der Waals surface area contributed by atoms with Crippen molar-refractivity contribution >= 4 is 23.0 Å². The van der Waals surface area contributed by atoms with Gasteiger partial charge in [-0.25, -0.2) is 9.78 Å². The Morgan fingerprint density at radius 2 is 2.26 bits per heavy atom. The quantitative estimate of drug-likeness (QED) is 0.410. The van der Waals surface area contributed by atoms with Gasteiger partial charge >= 0.3 is 5.76 Å². The largest absolute Gasteiger partial charge is 0.439 e. The highest BCUT2D eigenvalue weighted by Crippen LogP contribution is 2.36. The van der Waals surface area contributed by atoms with E-state index < -0.39 is 5.76 Å². The van der Waals surface area contributed by atoms with Gasteiger partial charge in [-0.05, 0) is 31.9 Å². The molecule has 1 fully saturated rings. The SMILES string of the molecule is C=CCC[C@@H]1CN(C(=C)Nc2c(N)cc(-c3noc(=O)[nH]3)nc2-c2cncc(Cl)c2)C(C)CO1. The lowest BCUT2D eigenvalue weighted by atomic mass is 10.1. The molecule has 0 saturated carbocycles. The summed E-state index contributed by atoms with van der Waals surface area (Å²) in [5.74, 6) is 0.126. The average Bonchev–Trinajstić information content (AvgIpc) is 3.25. The van der Waals surface area contributed by atoms with Gasteiger partial charge in [0.05, 0.1) is 46.7 Å². The van der Waals surface area contributed by atoms with Crippen molar-refractivity contribution < 1.29 is 9.26 Å². The number of allylic oxidation sites excluding steroid dienone is 1. The molecule has 0 radical (unpaired) electrons. The van der Waals surface area contributed by atoms with Crippen LogP contribution in [0, 0.1) is 0 Å². The molecule has 1 saturated heterocycles. The number of anilines is 2. The first kappa shape index (κ1) is 23.5. The maximum Gasteiger partial charge on any atom is 0.439 e. The Morgan fingerprint density at radius 1 is 1.44 bits per heavy atom. The summed E-state index contributed by atoms with van der Waals surface area (Å²) < 4.78 is 10.6. The number of hydrogen-bond donors (Lipinski definition) is 3. The predicted octanol–water partition coefficient (Wildman–Crippen LogP) is 3.66. The fourth-order valence-corrected chi connectivity index (χ4v) is 3.97. The first-order valence-corrected chi connectivity index (χ1v) is 11.2. The Bertz CT molecular complexity index is 1260. The van der Waals surface area contributed by atoms with Crippen molar-refractivity contribution in [3.05, 3.63) is 65.2 Å². The number of ether oxygens (including phenoxy) is 1. The Hall–Kier alpha value is -3.63. The number of halogens is 1. The number of rotatable bonds is 8. The number of nitrogens with zero attached hydrogens (tertiary/aromatic N) is 4. The van der Waals surface area contributed by atoms with Crippen molar-refractivity contribution in [2.24, 2.45) is 0 Å². The summed E-state index contributed by atoms with van der Waals surface area (Å²) in [6.07, 6.45) is 6.87. The molecule has 4 N–H and O–H groups in total. The molecular formula is C23H26ClN7O3. The average molecular weight is 484 g/mol. The van der Waals surface area contributed by atoms with Gasteiger partial charge in [0, 0.05) is 24.5 Å². The molecule has 4 heterocycles. The van der Waals surface area contributed by atoms with E-state index in [2.05, 4.69) is 54.9 Å². The molecule has 0 amide bonds. The summed E-state index contributed by atoms with van der Waals surface area (Å²) in [4.78, 5) is 24.9. The molecule has 10 nitrogen and oxygen atoms in total. The van der Waals surface area contributed by atoms with Gasteiger partial charge < -0.3 is 20.7 Å². The van der Waals surface area contributed by atoms with Crippen molar-refractivity contribution in [2.75, 3.05) is 24.2 Å². The van der Waals surface area contributed by atoms with Crippen LogP contribution in [0.15, 0.2) is 58.9 Å². The van der Waals surface area contributed by atoms with Gasteiger partial charge in [0.1, 0.15) is 5.69 Å². The Kier molecular flexibility index (Phi) is 6.99. The normalized spacial score (nSPS) is 18.0. The van der Waals surface area contributed by atoms with Crippen LogP contribution in [-0.4, -0.2) is 50.3 Å². The molecule has 0 aliphatic carbocycles. The van der Waals surface area contributed by atoms with Gasteiger partial charge in [0.25, 0.3) is 0 Å². The monoisotopic (exact) mass is 483 g/mol. The molecule has 3 aromatic heterocycles. The lowest BCUT2D eigenvalue weighted by Crippen LogP contribution is -2.48. The molecule has 0 bridgehead atoms. The standard InChI is InChI=1S/C23H26ClN7O3/c1-4-5-6-17-11-31(13(2)12-33-17)14(3)27-21-18(25)8-19(22-29-23(32)34-30-22)28-20(21)15-7-16(24)10-26-9-15/h4,7-10,13,17,27H,1,3,5-6,11-12H2,2H3,(H2,25,28)(H,29,30,32)/t13?,17-/m1/s1. The van der Waals surface area contributed by atoms with Gasteiger partial charge in [-0.15, -0.1) is 6.58 Å². The fraction of sp³-hybridized carbons (Fsp3) is 0.304. The van der Waals surface area contributed by atoms with Gasteiger partial charge in [0.15, 0.2) is 0 Å². The van der Waals surface area contributed by atoms with Crippen LogP contribution in [0.25, 0.3) is 22.8 Å². The molecule has 0 spiro atoms.